The van der Waals surface area contributed by atoms with Crippen LogP contribution in [0.3, 0.4) is 0 Å². The molecule has 17 heteroatoms. The number of anilines is 1. The lowest BCUT2D eigenvalue weighted by atomic mass is 9.80. The van der Waals surface area contributed by atoms with Crippen LogP contribution in [-0.2, 0) is 28.5 Å². The molecule has 0 bridgehead atoms. The molecule has 0 amide bonds. The van der Waals surface area contributed by atoms with Crippen LogP contribution in [0.15, 0.2) is 32.3 Å². The summed E-state index contributed by atoms with van der Waals surface area (Å²) in [6.07, 6.45) is 1.73. The Balaban J connectivity index is 1.69. The summed E-state index contributed by atoms with van der Waals surface area (Å²) < 4.78 is 38.3. The highest BCUT2D eigenvalue weighted by molar-refractivity contribution is 6.40. The second-order valence-corrected chi connectivity index (χ2v) is 13.3. The molecule has 5 aromatic carbocycles. The quantitative estimate of drug-likeness (QED) is 0.0201. The molecule has 58 heavy (non-hydrogen) atoms. The molecule has 0 saturated heterocycles. The number of nitrogens with one attached hydrogen (secondary N) is 1. The fourth-order valence-electron chi connectivity index (χ4n) is 7.76. The minimum atomic E-state index is -0.852. The maximum absolute atomic E-state index is 14.1. The molecule has 0 spiro atoms. The Morgan fingerprint density at radius 3 is 1.81 bits per heavy atom. The van der Waals surface area contributed by atoms with E-state index in [9.17, 15) is 29.4 Å². The number of rotatable bonds is 19. The Bertz CT molecular complexity index is 2570. The van der Waals surface area contributed by atoms with E-state index in [0.29, 0.717) is 44.0 Å². The Morgan fingerprint density at radius 1 is 0.707 bits per heavy atom. The van der Waals surface area contributed by atoms with Gasteiger partial charge >= 0.3 is 11.9 Å². The number of aromatic hydroxyl groups is 2. The number of aliphatic hydroxyl groups excluding tert-OH is 2. The number of hydrogen-bond acceptors (Lipinski definition) is 17. The van der Waals surface area contributed by atoms with Gasteiger partial charge in [-0.15, -0.1) is 0 Å². The number of methoxy groups -OCH3 is 3. The zero-order chi connectivity index (χ0) is 41.8. The molecule has 6 rings (SSSR count). The first-order chi connectivity index (χ1) is 27.9. The Hall–Kier alpha value is -6.01. The SMILES string of the molecule is COc1c(O)c2c(=O)cc(OC)c3c4c(OC)cc(=O)c5c(O)c(NCC(=O)OCCOCCO)c6c(c(c1C(C(C)=NCC(=O)OCCOCCO)C(C)=C6)c23)c54. The summed E-state index contributed by atoms with van der Waals surface area (Å²) in [5.41, 5.74) is 0.359. The van der Waals surface area contributed by atoms with Gasteiger partial charge in [-0.2, -0.15) is 0 Å². The summed E-state index contributed by atoms with van der Waals surface area (Å²) in [6, 6.07) is 2.42. The Morgan fingerprint density at radius 2 is 1.26 bits per heavy atom. The molecule has 0 saturated carbocycles. The van der Waals surface area contributed by atoms with E-state index in [1.807, 2.05) is 0 Å². The van der Waals surface area contributed by atoms with E-state index in [1.165, 1.54) is 33.5 Å². The molecule has 1 atom stereocenters. The number of phenols is 2. The first kappa shape index (κ1) is 41.6. The van der Waals surface area contributed by atoms with E-state index in [0.717, 1.165) is 0 Å². The van der Waals surface area contributed by atoms with Crippen molar-refractivity contribution in [3.05, 3.63) is 49.3 Å². The van der Waals surface area contributed by atoms with Crippen LogP contribution in [0.4, 0.5) is 5.69 Å². The number of hydrogen-bond donors (Lipinski definition) is 5. The number of fused-ring (bicyclic) bond motifs is 1. The van der Waals surface area contributed by atoms with Gasteiger partial charge in [0.2, 0.25) is 0 Å². The molecule has 1 aliphatic carbocycles. The maximum Gasteiger partial charge on any atom is 0.327 e. The normalized spacial score (nSPS) is 14.0. The minimum Gasteiger partial charge on any atom is -0.505 e. The molecular weight excluding hydrogens is 760 g/mol. The standard InChI is InChI=1S/C41H44N2O15/c1-19-14-21-29-34-30(39(50)38(21)43-18-27(49)58-13-11-56-9-7-45)22(46)15-24(52-3)32(34)33-25(53-4)16-23(47)31-36(33)35(29)37(41(54-5)40(31)51)28(19)20(2)42-17-26(48)57-12-10-55-8-6-44/h14-16,28,43-45,50-51H,6-13,17-18H2,1-5H3. The van der Waals surface area contributed by atoms with Gasteiger partial charge in [-0.1, -0.05) is 11.6 Å². The van der Waals surface area contributed by atoms with Crippen molar-refractivity contribution in [1.82, 2.24) is 0 Å². The minimum absolute atomic E-state index is 0.00869. The average molecular weight is 805 g/mol. The van der Waals surface area contributed by atoms with Crippen molar-refractivity contribution >= 4 is 72.5 Å². The zero-order valence-electron chi connectivity index (χ0n) is 32.6. The fourth-order valence-corrected chi connectivity index (χ4v) is 7.76. The van der Waals surface area contributed by atoms with Crippen molar-refractivity contribution in [3.8, 4) is 28.7 Å². The van der Waals surface area contributed by atoms with Gasteiger partial charge in [0.25, 0.3) is 0 Å². The number of nitrogens with zero attached hydrogens (tertiary/aromatic N) is 1. The van der Waals surface area contributed by atoms with Crippen molar-refractivity contribution in [2.24, 2.45) is 4.99 Å². The van der Waals surface area contributed by atoms with Gasteiger partial charge in [0.1, 0.15) is 37.8 Å². The van der Waals surface area contributed by atoms with Crippen LogP contribution in [0.25, 0.3) is 49.2 Å². The van der Waals surface area contributed by atoms with Crippen molar-refractivity contribution in [3.63, 3.8) is 0 Å². The average Bonchev–Trinajstić information content (AvgIpc) is 3.33. The summed E-state index contributed by atoms with van der Waals surface area (Å²) in [5, 5.41) is 46.5. The molecule has 5 N–H and O–H groups in total. The molecule has 0 aliphatic heterocycles. The van der Waals surface area contributed by atoms with Crippen molar-refractivity contribution in [1.29, 1.82) is 0 Å². The molecule has 0 heterocycles. The largest absolute Gasteiger partial charge is 0.505 e. The molecule has 0 fully saturated rings. The lowest BCUT2D eigenvalue weighted by molar-refractivity contribution is -0.144. The summed E-state index contributed by atoms with van der Waals surface area (Å²) >= 11 is 0. The maximum atomic E-state index is 14.1. The number of allylic oxidation sites excluding steroid dienone is 1. The van der Waals surface area contributed by atoms with Crippen LogP contribution < -0.4 is 30.4 Å². The lowest BCUT2D eigenvalue weighted by Gasteiger charge is -2.26. The van der Waals surface area contributed by atoms with E-state index in [-0.39, 0.29) is 97.3 Å². The first-order valence-corrected chi connectivity index (χ1v) is 18.3. The summed E-state index contributed by atoms with van der Waals surface area (Å²) in [7, 11) is 4.08. The Labute approximate surface area is 330 Å². The fraction of sp³-hybridized carbons (Fsp3) is 0.390. The zero-order valence-corrected chi connectivity index (χ0v) is 32.6. The molecule has 5 aromatic rings. The number of aliphatic hydroxyl groups is 2. The van der Waals surface area contributed by atoms with Gasteiger partial charge < -0.3 is 58.9 Å². The summed E-state index contributed by atoms with van der Waals surface area (Å²) in [6.45, 7) is 2.33. The van der Waals surface area contributed by atoms with Gasteiger partial charge in [0, 0.05) is 61.8 Å². The second kappa shape index (κ2) is 17.6. The molecule has 1 aliphatic rings. The molecule has 0 radical (unpaired) electrons. The van der Waals surface area contributed by atoms with Gasteiger partial charge in [-0.3, -0.25) is 24.2 Å². The number of benzene rings is 5. The highest BCUT2D eigenvalue weighted by Gasteiger charge is 2.37. The van der Waals surface area contributed by atoms with Crippen molar-refractivity contribution in [2.75, 3.05) is 92.6 Å². The number of carbonyl (C=O) groups is 2. The predicted molar refractivity (Wildman–Crippen MR) is 215 cm³/mol. The lowest BCUT2D eigenvalue weighted by Crippen LogP contribution is -2.20. The highest BCUT2D eigenvalue weighted by Crippen LogP contribution is 2.58. The number of esters is 2. The van der Waals surface area contributed by atoms with Gasteiger partial charge in [0.05, 0.1) is 77.4 Å². The topological polar surface area (TPSA) is 238 Å². The smallest absolute Gasteiger partial charge is 0.327 e. The van der Waals surface area contributed by atoms with Gasteiger partial charge in [-0.25, -0.2) is 0 Å². The predicted octanol–water partition coefficient (Wildman–Crippen LogP) is 2.81. The van der Waals surface area contributed by atoms with Crippen LogP contribution in [-0.4, -0.2) is 125 Å². The molecule has 0 aromatic heterocycles. The third kappa shape index (κ3) is 7.32. The van der Waals surface area contributed by atoms with E-state index >= 15 is 0 Å². The van der Waals surface area contributed by atoms with E-state index in [4.69, 9.17) is 43.4 Å². The van der Waals surface area contributed by atoms with Crippen molar-refractivity contribution in [2.45, 2.75) is 19.8 Å². The van der Waals surface area contributed by atoms with Crippen molar-refractivity contribution < 1.29 is 63.2 Å². The highest BCUT2D eigenvalue weighted by atomic mass is 16.6. The number of aliphatic imine (C=N–C) groups is 1. The molecule has 308 valence electrons. The first-order valence-electron chi connectivity index (χ1n) is 18.3. The molecule has 1 unspecified atom stereocenters. The van der Waals surface area contributed by atoms with Gasteiger partial charge in [-0.05, 0) is 19.2 Å². The van der Waals surface area contributed by atoms with Gasteiger partial charge in [0.15, 0.2) is 28.1 Å². The number of ether oxygens (including phenoxy) is 7. The third-order valence-corrected chi connectivity index (χ3v) is 9.99. The molecular formula is C41H44N2O15. The van der Waals surface area contributed by atoms with E-state index < -0.39 is 53.3 Å². The third-order valence-electron chi connectivity index (χ3n) is 9.99. The summed E-state index contributed by atoms with van der Waals surface area (Å²) in [4.78, 5) is 58.3. The van der Waals surface area contributed by atoms with Crippen LogP contribution in [0, 0.1) is 0 Å². The monoisotopic (exact) mass is 804 g/mol. The van der Waals surface area contributed by atoms with E-state index in [2.05, 4.69) is 10.3 Å². The number of phenolic OH excluding ortho intramolecular Hbond substituents is 2. The van der Waals surface area contributed by atoms with E-state index in [1.54, 1.807) is 19.9 Å². The van der Waals surface area contributed by atoms with Crippen LogP contribution in [0.5, 0.6) is 28.7 Å². The van der Waals surface area contributed by atoms with Crippen LogP contribution in [0.1, 0.15) is 30.9 Å². The summed E-state index contributed by atoms with van der Waals surface area (Å²) in [5.74, 6) is -3.04. The second-order valence-electron chi connectivity index (χ2n) is 13.3. The van der Waals surface area contributed by atoms with Crippen LogP contribution >= 0.6 is 0 Å². The molecule has 17 nitrogen and oxygen atoms in total. The van der Waals surface area contributed by atoms with Crippen LogP contribution in [0.2, 0.25) is 0 Å². The Kier molecular flexibility index (Phi) is 12.7. The number of carbonyl (C=O) groups excluding carboxylic acids is 2.